The number of ether oxygens (including phenoxy) is 1. The van der Waals surface area contributed by atoms with Crippen molar-refractivity contribution in [2.24, 2.45) is 0 Å². The zero-order chi connectivity index (χ0) is 14.9. The zero-order valence-corrected chi connectivity index (χ0v) is 13.3. The van der Waals surface area contributed by atoms with Crippen molar-refractivity contribution in [2.75, 3.05) is 6.61 Å². The molecule has 110 valence electrons. The predicted molar refractivity (Wildman–Crippen MR) is 86.7 cm³/mol. The number of rotatable bonds is 2. The highest BCUT2D eigenvalue weighted by atomic mass is 32.1. The Kier molecular flexibility index (Phi) is 3.91. The van der Waals surface area contributed by atoms with Crippen molar-refractivity contribution >= 4 is 12.2 Å². The molecule has 3 rings (SSSR count). The summed E-state index contributed by atoms with van der Waals surface area (Å²) < 4.78 is 6.65. The molecule has 0 radical (unpaired) electrons. The van der Waals surface area contributed by atoms with E-state index in [4.69, 9.17) is 17.0 Å². The lowest BCUT2D eigenvalue weighted by Gasteiger charge is -2.33. The summed E-state index contributed by atoms with van der Waals surface area (Å²) in [6.07, 6.45) is 3.25. The second-order valence-electron chi connectivity index (χ2n) is 5.79. The fourth-order valence-electron chi connectivity index (χ4n) is 2.80. The van der Waals surface area contributed by atoms with Gasteiger partial charge in [-0.05, 0) is 38.7 Å². The Morgan fingerprint density at radius 1 is 1.24 bits per heavy atom. The van der Waals surface area contributed by atoms with Gasteiger partial charge in [-0.2, -0.15) is 0 Å². The van der Waals surface area contributed by atoms with E-state index in [-0.39, 0.29) is 5.60 Å². The first kappa shape index (κ1) is 14.4. The molecule has 0 aliphatic carbocycles. The Morgan fingerprint density at radius 3 is 2.67 bits per heavy atom. The van der Waals surface area contributed by atoms with E-state index >= 15 is 0 Å². The van der Waals surface area contributed by atoms with Crippen molar-refractivity contribution < 1.29 is 4.74 Å². The van der Waals surface area contributed by atoms with Gasteiger partial charge in [-0.15, -0.1) is 0 Å². The molecule has 1 N–H and O–H groups in total. The van der Waals surface area contributed by atoms with Crippen LogP contribution in [0.1, 0.15) is 37.6 Å². The maximum Gasteiger partial charge on any atom is 0.140 e. The Bertz CT molecular complexity index is 688. The van der Waals surface area contributed by atoms with E-state index in [1.807, 2.05) is 25.1 Å². The molecule has 4 heteroatoms. The minimum atomic E-state index is -0.358. The Hall–Kier alpha value is -1.52. The summed E-state index contributed by atoms with van der Waals surface area (Å²) in [4.78, 5) is 8.07. The number of aromatic nitrogens is 2. The average molecular weight is 300 g/mol. The van der Waals surface area contributed by atoms with Gasteiger partial charge in [0.05, 0.1) is 5.69 Å². The number of aromatic amines is 1. The zero-order valence-electron chi connectivity index (χ0n) is 12.5. The normalized spacial score (nSPS) is 22.2. The molecule has 1 fully saturated rings. The van der Waals surface area contributed by atoms with Gasteiger partial charge in [0.2, 0.25) is 0 Å². The molecule has 1 aromatic carbocycles. The van der Waals surface area contributed by atoms with Gasteiger partial charge in [-0.3, -0.25) is 0 Å². The van der Waals surface area contributed by atoms with E-state index in [9.17, 15) is 0 Å². The molecule has 2 aromatic rings. The smallest absolute Gasteiger partial charge is 0.140 e. The van der Waals surface area contributed by atoms with Crippen LogP contribution in [0.15, 0.2) is 30.3 Å². The monoisotopic (exact) mass is 300 g/mol. The molecular weight excluding hydrogens is 280 g/mol. The predicted octanol–water partition coefficient (Wildman–Crippen LogP) is 4.53. The highest BCUT2D eigenvalue weighted by Crippen LogP contribution is 2.34. The first-order valence-electron chi connectivity index (χ1n) is 7.41. The number of H-pyrrole nitrogens is 1. The van der Waals surface area contributed by atoms with Gasteiger partial charge in [0.1, 0.15) is 16.1 Å². The fraction of sp³-hybridized carbons (Fsp3) is 0.412. The van der Waals surface area contributed by atoms with Gasteiger partial charge in [-0.1, -0.05) is 42.5 Å². The first-order chi connectivity index (χ1) is 10.1. The summed E-state index contributed by atoms with van der Waals surface area (Å²) in [5.74, 6) is 0.844. The van der Waals surface area contributed by atoms with Gasteiger partial charge in [-0.25, -0.2) is 4.98 Å². The second-order valence-corrected chi connectivity index (χ2v) is 6.18. The number of hydrogen-bond acceptors (Lipinski definition) is 3. The van der Waals surface area contributed by atoms with Crippen LogP contribution >= 0.6 is 12.2 Å². The van der Waals surface area contributed by atoms with Crippen LogP contribution < -0.4 is 0 Å². The summed E-state index contributed by atoms with van der Waals surface area (Å²) in [6.45, 7) is 4.90. The van der Waals surface area contributed by atoms with E-state index in [0.717, 1.165) is 48.5 Å². The third-order valence-electron chi connectivity index (χ3n) is 4.18. The Morgan fingerprint density at radius 2 is 2.00 bits per heavy atom. The molecule has 1 atom stereocenters. The van der Waals surface area contributed by atoms with E-state index in [0.29, 0.717) is 4.64 Å². The molecule has 0 saturated carbocycles. The van der Waals surface area contributed by atoms with E-state index in [1.165, 1.54) is 0 Å². The largest absolute Gasteiger partial charge is 0.367 e. The molecule has 0 spiro atoms. The minimum absolute atomic E-state index is 0.358. The molecule has 3 nitrogen and oxygen atoms in total. The summed E-state index contributed by atoms with van der Waals surface area (Å²) in [5, 5.41) is 0. The van der Waals surface area contributed by atoms with Crippen molar-refractivity contribution in [1.82, 2.24) is 9.97 Å². The lowest BCUT2D eigenvalue weighted by Crippen LogP contribution is -2.32. The van der Waals surface area contributed by atoms with Crippen LogP contribution in [-0.4, -0.2) is 16.6 Å². The van der Waals surface area contributed by atoms with Crippen molar-refractivity contribution in [2.45, 2.75) is 38.7 Å². The van der Waals surface area contributed by atoms with Crippen LogP contribution in [0.3, 0.4) is 0 Å². The maximum absolute atomic E-state index is 6.00. The molecule has 1 aliphatic rings. The van der Waals surface area contributed by atoms with Gasteiger partial charge >= 0.3 is 0 Å². The van der Waals surface area contributed by atoms with Crippen LogP contribution in [0.25, 0.3) is 11.3 Å². The Balaban J connectivity index is 2.12. The highest BCUT2D eigenvalue weighted by Gasteiger charge is 2.33. The topological polar surface area (TPSA) is 37.9 Å². The lowest BCUT2D eigenvalue weighted by atomic mass is 9.94. The summed E-state index contributed by atoms with van der Waals surface area (Å²) in [5.41, 5.74) is 2.83. The minimum Gasteiger partial charge on any atom is -0.367 e. The van der Waals surface area contributed by atoms with Crippen LogP contribution in [0.2, 0.25) is 0 Å². The van der Waals surface area contributed by atoms with Crippen LogP contribution in [0.5, 0.6) is 0 Å². The van der Waals surface area contributed by atoms with E-state index in [1.54, 1.807) is 0 Å². The van der Waals surface area contributed by atoms with E-state index < -0.39 is 0 Å². The molecule has 0 bridgehead atoms. The van der Waals surface area contributed by atoms with Crippen molar-refractivity contribution in [1.29, 1.82) is 0 Å². The molecule has 1 aromatic heterocycles. The summed E-state index contributed by atoms with van der Waals surface area (Å²) in [7, 11) is 0. The lowest BCUT2D eigenvalue weighted by molar-refractivity contribution is -0.0760. The first-order valence-corrected chi connectivity index (χ1v) is 7.82. The molecule has 1 unspecified atom stereocenters. The van der Waals surface area contributed by atoms with E-state index in [2.05, 4.69) is 29.0 Å². The van der Waals surface area contributed by atoms with Crippen LogP contribution in [0, 0.1) is 11.6 Å². The molecule has 0 amide bonds. The SMILES string of the molecule is Cc1c(-c2ccccc2)[nH]c(C2(C)CCCCO2)nc1=S. The van der Waals surface area contributed by atoms with Gasteiger partial charge in [0.15, 0.2) is 0 Å². The van der Waals surface area contributed by atoms with Crippen molar-refractivity contribution in [3.63, 3.8) is 0 Å². The van der Waals surface area contributed by atoms with Gasteiger partial charge in [0.25, 0.3) is 0 Å². The maximum atomic E-state index is 6.00. The fourth-order valence-corrected chi connectivity index (χ4v) is 2.99. The van der Waals surface area contributed by atoms with Crippen molar-refractivity contribution in [3.8, 4) is 11.3 Å². The molecule has 1 aliphatic heterocycles. The van der Waals surface area contributed by atoms with Gasteiger partial charge in [0, 0.05) is 12.2 Å². The molecule has 1 saturated heterocycles. The summed E-state index contributed by atoms with van der Waals surface area (Å²) in [6, 6.07) is 10.2. The number of benzene rings is 1. The van der Waals surface area contributed by atoms with Crippen molar-refractivity contribution in [3.05, 3.63) is 46.4 Å². The second kappa shape index (κ2) is 5.70. The number of hydrogen-bond donors (Lipinski definition) is 1. The van der Waals surface area contributed by atoms with Crippen LogP contribution in [0.4, 0.5) is 0 Å². The number of nitrogens with one attached hydrogen (secondary N) is 1. The van der Waals surface area contributed by atoms with Gasteiger partial charge < -0.3 is 9.72 Å². The third kappa shape index (κ3) is 2.78. The highest BCUT2D eigenvalue weighted by molar-refractivity contribution is 7.71. The molecule has 2 heterocycles. The Labute approximate surface area is 130 Å². The standard InChI is InChI=1S/C17H20N2OS/c1-12-14(13-8-4-3-5-9-13)18-16(19-15(12)21)17(2)10-6-7-11-20-17/h3-5,8-9H,6-7,10-11H2,1-2H3,(H,18,19,21). The number of nitrogens with zero attached hydrogens (tertiary/aromatic N) is 1. The summed E-state index contributed by atoms with van der Waals surface area (Å²) >= 11 is 5.46. The third-order valence-corrected chi connectivity index (χ3v) is 4.58. The molecular formula is C17H20N2OS. The quantitative estimate of drug-likeness (QED) is 0.828. The van der Waals surface area contributed by atoms with Crippen LogP contribution in [-0.2, 0) is 10.3 Å². The molecule has 21 heavy (non-hydrogen) atoms. The average Bonchev–Trinajstić information content (AvgIpc) is 2.51.